The highest BCUT2D eigenvalue weighted by atomic mass is 79.9. The number of hydrogen-bond donors (Lipinski definition) is 1. The summed E-state index contributed by atoms with van der Waals surface area (Å²) in [4.78, 5) is 16.8. The van der Waals surface area contributed by atoms with Gasteiger partial charge >= 0.3 is 6.36 Å². The maximum absolute atomic E-state index is 12.5. The van der Waals surface area contributed by atoms with Crippen LogP contribution in [-0.2, 0) is 6.54 Å². The number of hydrogen-bond acceptors (Lipinski definition) is 5. The lowest BCUT2D eigenvalue weighted by Gasteiger charge is -2.23. The summed E-state index contributed by atoms with van der Waals surface area (Å²) in [5.41, 5.74) is -0.0746. The molecule has 1 amide bonds. The lowest BCUT2D eigenvalue weighted by molar-refractivity contribution is -0.274. The standard InChI is InChI=1S/C18H12Br2F3N5O2/c1-17(8-24,9-28-7-14-13(27-28)6-12(19)15(20)25-14)26-16(29)10-2-4-11(5-3-10)30-18(21,22)23/h2-7H,9H2,1H3,(H,26,29). The largest absolute Gasteiger partial charge is 0.573 e. The van der Waals surface area contributed by atoms with Crippen LogP contribution in [0.3, 0.4) is 0 Å². The molecule has 0 aliphatic carbocycles. The summed E-state index contributed by atoms with van der Waals surface area (Å²) in [7, 11) is 0. The second kappa shape index (κ2) is 8.23. The fourth-order valence-corrected chi connectivity index (χ4v) is 3.20. The first-order valence-electron chi connectivity index (χ1n) is 8.27. The van der Waals surface area contributed by atoms with Gasteiger partial charge in [-0.3, -0.25) is 9.48 Å². The number of fused-ring (bicyclic) bond motifs is 1. The molecule has 0 radical (unpaired) electrons. The molecular formula is C18H12Br2F3N5O2. The molecule has 0 saturated heterocycles. The second-order valence-electron chi connectivity index (χ2n) is 6.46. The van der Waals surface area contributed by atoms with Gasteiger partial charge in [0.05, 0.1) is 23.3 Å². The number of alkyl halides is 3. The van der Waals surface area contributed by atoms with Gasteiger partial charge in [-0.25, -0.2) is 4.98 Å². The molecule has 1 atom stereocenters. The average Bonchev–Trinajstić information content (AvgIpc) is 3.01. The second-order valence-corrected chi connectivity index (χ2v) is 8.07. The molecule has 0 spiro atoms. The number of carbonyl (C=O) groups is 1. The van der Waals surface area contributed by atoms with E-state index in [2.05, 4.69) is 52.0 Å². The van der Waals surface area contributed by atoms with Crippen molar-refractivity contribution >= 4 is 48.8 Å². The Bertz CT molecular complexity index is 1100. The molecule has 3 aromatic rings. The van der Waals surface area contributed by atoms with Crippen LogP contribution in [0.15, 0.2) is 45.6 Å². The van der Waals surface area contributed by atoms with Crippen LogP contribution in [0.1, 0.15) is 17.3 Å². The molecule has 0 saturated carbocycles. The number of aromatic nitrogens is 3. The van der Waals surface area contributed by atoms with E-state index in [1.807, 2.05) is 6.07 Å². The van der Waals surface area contributed by atoms with Crippen LogP contribution in [0.4, 0.5) is 13.2 Å². The molecule has 12 heteroatoms. The molecule has 7 nitrogen and oxygen atoms in total. The SMILES string of the molecule is CC(C#N)(Cn1cc2nc(Br)c(Br)cc2n1)NC(=O)c1ccc(OC(F)(F)F)cc1. The van der Waals surface area contributed by atoms with Gasteiger partial charge in [-0.05, 0) is 69.1 Å². The summed E-state index contributed by atoms with van der Waals surface area (Å²) in [5, 5.41) is 16.5. The summed E-state index contributed by atoms with van der Waals surface area (Å²) < 4.78 is 43.3. The van der Waals surface area contributed by atoms with E-state index in [9.17, 15) is 23.2 Å². The fraction of sp³-hybridized carbons (Fsp3) is 0.222. The van der Waals surface area contributed by atoms with Gasteiger partial charge in [0.2, 0.25) is 0 Å². The molecule has 0 aliphatic heterocycles. The fourth-order valence-electron chi connectivity index (χ4n) is 2.59. The predicted octanol–water partition coefficient (Wildman–Crippen LogP) is 4.57. The first-order valence-corrected chi connectivity index (χ1v) is 9.85. The summed E-state index contributed by atoms with van der Waals surface area (Å²) in [6, 6.07) is 8.19. The Kier molecular flexibility index (Phi) is 6.05. The zero-order valence-corrected chi connectivity index (χ0v) is 18.3. The molecule has 2 aromatic heterocycles. The lowest BCUT2D eigenvalue weighted by Crippen LogP contribution is -2.48. The van der Waals surface area contributed by atoms with Gasteiger partial charge in [-0.1, -0.05) is 0 Å². The highest BCUT2D eigenvalue weighted by Crippen LogP contribution is 2.25. The maximum Gasteiger partial charge on any atom is 0.573 e. The Balaban J connectivity index is 1.75. The molecule has 0 aliphatic rings. The summed E-state index contributed by atoms with van der Waals surface area (Å²) in [5.74, 6) is -1.08. The van der Waals surface area contributed by atoms with Crippen molar-refractivity contribution in [2.24, 2.45) is 0 Å². The number of ether oxygens (including phenoxy) is 1. The van der Waals surface area contributed by atoms with Crippen LogP contribution in [0, 0.1) is 11.3 Å². The van der Waals surface area contributed by atoms with Crippen LogP contribution in [0.5, 0.6) is 5.75 Å². The Morgan fingerprint density at radius 1 is 1.27 bits per heavy atom. The zero-order valence-electron chi connectivity index (χ0n) is 15.2. The van der Waals surface area contributed by atoms with Gasteiger partial charge in [0.1, 0.15) is 26.9 Å². The van der Waals surface area contributed by atoms with Crippen LogP contribution in [0.25, 0.3) is 11.0 Å². The van der Waals surface area contributed by atoms with Crippen molar-refractivity contribution < 1.29 is 22.7 Å². The first kappa shape index (κ1) is 22.0. The number of pyridine rings is 1. The van der Waals surface area contributed by atoms with Gasteiger partial charge in [-0.2, -0.15) is 10.4 Å². The third-order valence-electron chi connectivity index (χ3n) is 3.91. The molecule has 1 unspecified atom stereocenters. The number of nitriles is 1. The van der Waals surface area contributed by atoms with Crippen LogP contribution in [-0.4, -0.2) is 32.6 Å². The third kappa shape index (κ3) is 5.28. The summed E-state index contributed by atoms with van der Waals surface area (Å²) in [6.07, 6.45) is -3.19. The number of halogens is 5. The number of amides is 1. The van der Waals surface area contributed by atoms with E-state index < -0.39 is 23.6 Å². The van der Waals surface area contributed by atoms with Gasteiger partial charge in [0, 0.05) is 5.56 Å². The highest BCUT2D eigenvalue weighted by Gasteiger charge is 2.31. The van der Waals surface area contributed by atoms with Crippen molar-refractivity contribution in [3.8, 4) is 11.8 Å². The predicted molar refractivity (Wildman–Crippen MR) is 108 cm³/mol. The van der Waals surface area contributed by atoms with E-state index in [1.165, 1.54) is 23.7 Å². The molecule has 2 heterocycles. The number of nitrogens with one attached hydrogen (secondary N) is 1. The van der Waals surface area contributed by atoms with E-state index in [-0.39, 0.29) is 12.1 Å². The molecule has 1 N–H and O–H groups in total. The van der Waals surface area contributed by atoms with Gasteiger partial charge < -0.3 is 10.1 Å². The van der Waals surface area contributed by atoms with E-state index in [1.54, 1.807) is 12.3 Å². The molecule has 0 bridgehead atoms. The van der Waals surface area contributed by atoms with Crippen molar-refractivity contribution in [2.45, 2.75) is 25.4 Å². The van der Waals surface area contributed by atoms with E-state index >= 15 is 0 Å². The van der Waals surface area contributed by atoms with Crippen molar-refractivity contribution in [1.82, 2.24) is 20.1 Å². The minimum Gasteiger partial charge on any atom is -0.406 e. The Morgan fingerprint density at radius 3 is 2.53 bits per heavy atom. The van der Waals surface area contributed by atoms with Crippen molar-refractivity contribution in [2.75, 3.05) is 0 Å². The molecular weight excluding hydrogens is 535 g/mol. The van der Waals surface area contributed by atoms with Gasteiger partial charge in [0.15, 0.2) is 0 Å². The lowest BCUT2D eigenvalue weighted by atomic mass is 10.0. The molecule has 30 heavy (non-hydrogen) atoms. The van der Waals surface area contributed by atoms with Crippen molar-refractivity contribution in [3.63, 3.8) is 0 Å². The third-order valence-corrected chi connectivity index (χ3v) is 5.65. The van der Waals surface area contributed by atoms with Gasteiger partial charge in [0.25, 0.3) is 5.91 Å². The summed E-state index contributed by atoms with van der Waals surface area (Å²) >= 11 is 6.65. The Labute approximate surface area is 185 Å². The Hall–Kier alpha value is -2.65. The average molecular weight is 547 g/mol. The van der Waals surface area contributed by atoms with Crippen LogP contribution >= 0.6 is 31.9 Å². The number of nitrogens with zero attached hydrogens (tertiary/aromatic N) is 4. The topological polar surface area (TPSA) is 92.8 Å². The highest BCUT2D eigenvalue weighted by molar-refractivity contribution is 9.13. The minimum atomic E-state index is -4.82. The monoisotopic (exact) mass is 545 g/mol. The van der Waals surface area contributed by atoms with E-state index in [4.69, 9.17) is 0 Å². The zero-order chi connectivity index (χ0) is 22.1. The van der Waals surface area contributed by atoms with Crippen molar-refractivity contribution in [3.05, 3.63) is 51.2 Å². The molecule has 156 valence electrons. The first-order chi connectivity index (χ1) is 14.0. The smallest absolute Gasteiger partial charge is 0.406 e. The van der Waals surface area contributed by atoms with Gasteiger partial charge in [-0.15, -0.1) is 13.2 Å². The van der Waals surface area contributed by atoms with Crippen LogP contribution in [0.2, 0.25) is 0 Å². The maximum atomic E-state index is 12.5. The number of benzene rings is 1. The van der Waals surface area contributed by atoms with Crippen LogP contribution < -0.4 is 10.1 Å². The quantitative estimate of drug-likeness (QED) is 0.473. The number of rotatable bonds is 5. The normalized spacial score (nSPS) is 13.5. The molecule has 0 fully saturated rings. The van der Waals surface area contributed by atoms with E-state index in [0.29, 0.717) is 15.6 Å². The molecule has 1 aromatic carbocycles. The summed E-state index contributed by atoms with van der Waals surface area (Å²) in [6.45, 7) is 1.54. The number of carbonyl (C=O) groups excluding carboxylic acids is 1. The minimum absolute atomic E-state index is 0.0239. The Morgan fingerprint density at radius 2 is 1.93 bits per heavy atom. The van der Waals surface area contributed by atoms with E-state index in [0.717, 1.165) is 16.6 Å². The van der Waals surface area contributed by atoms with Crippen molar-refractivity contribution in [1.29, 1.82) is 5.26 Å². The molecule has 3 rings (SSSR count).